The van der Waals surface area contributed by atoms with E-state index in [0.717, 1.165) is 18.8 Å². The molecule has 0 unspecified atom stereocenters. The summed E-state index contributed by atoms with van der Waals surface area (Å²) < 4.78 is 34.6. The van der Waals surface area contributed by atoms with E-state index in [4.69, 9.17) is 9.47 Å². The van der Waals surface area contributed by atoms with Gasteiger partial charge in [-0.05, 0) is 23.8 Å². The van der Waals surface area contributed by atoms with Crippen molar-refractivity contribution < 1.29 is 23.0 Å². The minimum atomic E-state index is -2.57. The molecular formula is C18H20F2N4O3. The number of morpholine rings is 1. The first-order valence-corrected chi connectivity index (χ1v) is 8.54. The molecule has 1 fully saturated rings. The topological polar surface area (TPSA) is 76.6 Å². The zero-order valence-electron chi connectivity index (χ0n) is 14.6. The van der Waals surface area contributed by atoms with Crippen LogP contribution in [-0.2, 0) is 11.3 Å². The number of nitrogens with one attached hydrogen (secondary N) is 1. The monoisotopic (exact) mass is 378 g/mol. The first-order chi connectivity index (χ1) is 13.1. The molecule has 1 aliphatic heterocycles. The Morgan fingerprint density at radius 2 is 2.00 bits per heavy atom. The predicted octanol–water partition coefficient (Wildman–Crippen LogP) is 1.89. The van der Waals surface area contributed by atoms with Crippen LogP contribution < -0.4 is 15.0 Å². The Kier molecular flexibility index (Phi) is 6.48. The molecular weight excluding hydrogens is 358 g/mol. The molecule has 1 aliphatic rings. The van der Waals surface area contributed by atoms with Crippen LogP contribution in [0.3, 0.4) is 0 Å². The third-order valence-electron chi connectivity index (χ3n) is 3.96. The number of carbonyl (C=O) groups is 1. The van der Waals surface area contributed by atoms with Crippen molar-refractivity contribution in [2.24, 2.45) is 0 Å². The number of nitrogens with zero attached hydrogens (tertiary/aromatic N) is 3. The van der Waals surface area contributed by atoms with Gasteiger partial charge >= 0.3 is 0 Å². The van der Waals surface area contributed by atoms with E-state index in [1.807, 2.05) is 6.07 Å². The third kappa shape index (κ3) is 5.58. The van der Waals surface area contributed by atoms with Crippen molar-refractivity contribution in [3.05, 3.63) is 47.9 Å². The van der Waals surface area contributed by atoms with Gasteiger partial charge in [0.05, 0.1) is 13.2 Å². The van der Waals surface area contributed by atoms with E-state index in [2.05, 4.69) is 20.2 Å². The standard InChI is InChI=1S/C18H20F2N4O3/c19-16(20)12-27-17-9-13(1-3-22-17)11-23-18(25)15-10-14(2-4-21-15)24-5-7-26-8-6-24/h1-4,9-10,16H,5-8,11-12H2,(H,23,25). The fraction of sp³-hybridized carbons (Fsp3) is 0.389. The van der Waals surface area contributed by atoms with Gasteiger partial charge in [-0.1, -0.05) is 0 Å². The highest BCUT2D eigenvalue weighted by Crippen LogP contribution is 2.16. The third-order valence-corrected chi connectivity index (χ3v) is 3.96. The number of ether oxygens (including phenoxy) is 2. The van der Waals surface area contributed by atoms with Crippen molar-refractivity contribution >= 4 is 11.6 Å². The molecule has 3 rings (SSSR count). The summed E-state index contributed by atoms with van der Waals surface area (Å²) in [4.78, 5) is 22.5. The summed E-state index contributed by atoms with van der Waals surface area (Å²) in [5.41, 5.74) is 1.92. The number of carbonyl (C=O) groups excluding carboxylic acids is 1. The van der Waals surface area contributed by atoms with Crippen molar-refractivity contribution in [2.45, 2.75) is 13.0 Å². The van der Waals surface area contributed by atoms with E-state index in [1.165, 1.54) is 12.3 Å². The molecule has 7 nitrogen and oxygen atoms in total. The number of aromatic nitrogens is 2. The maximum Gasteiger partial charge on any atom is 0.272 e. The Balaban J connectivity index is 1.58. The van der Waals surface area contributed by atoms with E-state index in [-0.39, 0.29) is 18.3 Å². The fourth-order valence-electron chi connectivity index (χ4n) is 2.62. The predicted molar refractivity (Wildman–Crippen MR) is 94.2 cm³/mol. The Morgan fingerprint density at radius 1 is 1.22 bits per heavy atom. The smallest absolute Gasteiger partial charge is 0.272 e. The summed E-state index contributed by atoms with van der Waals surface area (Å²) in [5.74, 6) is -0.230. The number of hydrogen-bond donors (Lipinski definition) is 1. The van der Waals surface area contributed by atoms with Gasteiger partial charge in [0.25, 0.3) is 12.3 Å². The molecule has 3 heterocycles. The van der Waals surface area contributed by atoms with Gasteiger partial charge in [-0.15, -0.1) is 0 Å². The van der Waals surface area contributed by atoms with E-state index in [1.54, 1.807) is 18.3 Å². The van der Waals surface area contributed by atoms with E-state index >= 15 is 0 Å². The maximum atomic E-state index is 12.4. The van der Waals surface area contributed by atoms with Crippen LogP contribution >= 0.6 is 0 Å². The Morgan fingerprint density at radius 3 is 2.78 bits per heavy atom. The lowest BCUT2D eigenvalue weighted by molar-refractivity contribution is 0.0795. The van der Waals surface area contributed by atoms with Crippen LogP contribution in [0.15, 0.2) is 36.7 Å². The summed E-state index contributed by atoms with van der Waals surface area (Å²) in [7, 11) is 0. The minimum Gasteiger partial charge on any atom is -0.472 e. The van der Waals surface area contributed by atoms with Gasteiger partial charge in [0.15, 0.2) is 6.61 Å². The number of amides is 1. The average molecular weight is 378 g/mol. The van der Waals surface area contributed by atoms with Crippen molar-refractivity contribution in [3.63, 3.8) is 0 Å². The molecule has 27 heavy (non-hydrogen) atoms. The van der Waals surface area contributed by atoms with Gasteiger partial charge in [0.1, 0.15) is 5.69 Å². The van der Waals surface area contributed by atoms with Crippen LogP contribution in [0.4, 0.5) is 14.5 Å². The first kappa shape index (κ1) is 19.0. The van der Waals surface area contributed by atoms with Crippen molar-refractivity contribution in [1.29, 1.82) is 0 Å². The lowest BCUT2D eigenvalue weighted by Crippen LogP contribution is -2.36. The van der Waals surface area contributed by atoms with Gasteiger partial charge < -0.3 is 19.7 Å². The second-order valence-electron chi connectivity index (χ2n) is 5.89. The molecule has 0 saturated carbocycles. The molecule has 0 spiro atoms. The quantitative estimate of drug-likeness (QED) is 0.793. The number of rotatable bonds is 7. The molecule has 0 atom stereocenters. The van der Waals surface area contributed by atoms with Crippen molar-refractivity contribution in [2.75, 3.05) is 37.8 Å². The summed E-state index contributed by atoms with van der Waals surface area (Å²) >= 11 is 0. The summed E-state index contributed by atoms with van der Waals surface area (Å²) in [6.07, 6.45) is 0.474. The fourth-order valence-corrected chi connectivity index (χ4v) is 2.62. The Hall–Kier alpha value is -2.81. The van der Waals surface area contributed by atoms with Crippen LogP contribution in [0.2, 0.25) is 0 Å². The van der Waals surface area contributed by atoms with Crippen LogP contribution in [-0.4, -0.2) is 55.2 Å². The summed E-state index contributed by atoms with van der Waals surface area (Å²) in [6.45, 7) is 2.33. The molecule has 1 saturated heterocycles. The SMILES string of the molecule is O=C(NCc1ccnc(OCC(F)F)c1)c1cc(N2CCOCC2)ccn1. The molecule has 0 aromatic carbocycles. The van der Waals surface area contributed by atoms with Crippen LogP contribution in [0.1, 0.15) is 16.1 Å². The molecule has 144 valence electrons. The van der Waals surface area contributed by atoms with E-state index < -0.39 is 13.0 Å². The van der Waals surface area contributed by atoms with Gasteiger partial charge in [0, 0.05) is 43.8 Å². The summed E-state index contributed by atoms with van der Waals surface area (Å²) in [6, 6.07) is 6.79. The number of pyridine rings is 2. The van der Waals surface area contributed by atoms with Gasteiger partial charge in [-0.25, -0.2) is 13.8 Å². The van der Waals surface area contributed by atoms with Gasteiger partial charge in [-0.2, -0.15) is 0 Å². The number of hydrogen-bond acceptors (Lipinski definition) is 6. The molecule has 9 heteroatoms. The highest BCUT2D eigenvalue weighted by atomic mass is 19.3. The molecule has 2 aromatic rings. The number of anilines is 1. The normalized spacial score (nSPS) is 14.3. The molecule has 0 aliphatic carbocycles. The molecule has 1 amide bonds. The average Bonchev–Trinajstić information content (AvgIpc) is 2.71. The number of alkyl halides is 2. The van der Waals surface area contributed by atoms with E-state index in [9.17, 15) is 13.6 Å². The minimum absolute atomic E-state index is 0.0921. The second kappa shape index (κ2) is 9.22. The highest BCUT2D eigenvalue weighted by molar-refractivity contribution is 5.93. The van der Waals surface area contributed by atoms with Crippen LogP contribution in [0, 0.1) is 0 Å². The van der Waals surface area contributed by atoms with Crippen molar-refractivity contribution in [1.82, 2.24) is 15.3 Å². The molecule has 0 bridgehead atoms. The molecule has 0 radical (unpaired) electrons. The van der Waals surface area contributed by atoms with Gasteiger partial charge in [-0.3, -0.25) is 9.78 Å². The highest BCUT2D eigenvalue weighted by Gasteiger charge is 2.14. The molecule has 1 N–H and O–H groups in total. The largest absolute Gasteiger partial charge is 0.472 e. The lowest BCUT2D eigenvalue weighted by atomic mass is 10.2. The maximum absolute atomic E-state index is 12.4. The zero-order valence-corrected chi connectivity index (χ0v) is 14.6. The van der Waals surface area contributed by atoms with Gasteiger partial charge in [0.2, 0.25) is 5.88 Å². The Bertz CT molecular complexity index is 770. The zero-order chi connectivity index (χ0) is 19.1. The molecule has 2 aromatic heterocycles. The number of halogens is 2. The lowest BCUT2D eigenvalue weighted by Gasteiger charge is -2.28. The Labute approximate surface area is 155 Å². The van der Waals surface area contributed by atoms with Crippen LogP contribution in [0.25, 0.3) is 0 Å². The summed E-state index contributed by atoms with van der Waals surface area (Å²) in [5, 5.41) is 2.76. The second-order valence-corrected chi connectivity index (χ2v) is 5.89. The van der Waals surface area contributed by atoms with Crippen molar-refractivity contribution in [3.8, 4) is 5.88 Å². The first-order valence-electron chi connectivity index (χ1n) is 8.54. The van der Waals surface area contributed by atoms with Crippen LogP contribution in [0.5, 0.6) is 5.88 Å². The van der Waals surface area contributed by atoms with E-state index in [0.29, 0.717) is 24.5 Å².